The van der Waals surface area contributed by atoms with Gasteiger partial charge in [-0.15, -0.1) is 0 Å². The summed E-state index contributed by atoms with van der Waals surface area (Å²) in [6, 6.07) is 7.20. The molecule has 0 fully saturated rings. The lowest BCUT2D eigenvalue weighted by atomic mass is 10.1. The maximum atomic E-state index is 13.3. The van der Waals surface area contributed by atoms with E-state index in [1.165, 1.54) is 6.07 Å². The number of rotatable bonds is 6. The van der Waals surface area contributed by atoms with Gasteiger partial charge < -0.3 is 0 Å². The van der Waals surface area contributed by atoms with Crippen molar-refractivity contribution in [1.29, 1.82) is 0 Å². The summed E-state index contributed by atoms with van der Waals surface area (Å²) in [7, 11) is -4.01. The maximum absolute atomic E-state index is 13.3. The van der Waals surface area contributed by atoms with Crippen LogP contribution in [0.3, 0.4) is 0 Å². The van der Waals surface area contributed by atoms with Gasteiger partial charge in [0.15, 0.2) is 0 Å². The smallest absolute Gasteiger partial charge is 0.258 e. The Labute approximate surface area is 147 Å². The molecule has 10 heteroatoms. The van der Waals surface area contributed by atoms with Gasteiger partial charge in [0.2, 0.25) is 15.8 Å². The number of nitro benzene ring substituents is 1. The summed E-state index contributed by atoms with van der Waals surface area (Å²) in [6.45, 7) is 0.00879. The molecule has 0 saturated heterocycles. The van der Waals surface area contributed by atoms with Gasteiger partial charge in [0.05, 0.1) is 9.82 Å². The number of nitrogens with one attached hydrogen (secondary N) is 1. The van der Waals surface area contributed by atoms with Crippen molar-refractivity contribution in [3.8, 4) is 0 Å². The molecule has 6 nitrogen and oxygen atoms in total. The van der Waals surface area contributed by atoms with Crippen LogP contribution in [0.5, 0.6) is 0 Å². The first-order chi connectivity index (χ1) is 11.2. The van der Waals surface area contributed by atoms with E-state index >= 15 is 0 Å². The van der Waals surface area contributed by atoms with Crippen molar-refractivity contribution in [3.63, 3.8) is 0 Å². The summed E-state index contributed by atoms with van der Waals surface area (Å²) >= 11 is 11.8. The topological polar surface area (TPSA) is 89.3 Å². The monoisotopic (exact) mass is 392 g/mol. The summed E-state index contributed by atoms with van der Waals surface area (Å²) in [5.41, 5.74) is -0.215. The molecule has 0 heterocycles. The molecule has 0 aromatic heterocycles. The number of nitrogens with zero attached hydrogens (tertiary/aromatic N) is 1. The molecule has 0 aliphatic carbocycles. The Bertz CT molecular complexity index is 890. The Balaban J connectivity index is 2.11. The molecule has 0 saturated carbocycles. The predicted molar refractivity (Wildman–Crippen MR) is 88.4 cm³/mol. The lowest BCUT2D eigenvalue weighted by molar-refractivity contribution is -0.387. The van der Waals surface area contributed by atoms with Gasteiger partial charge >= 0.3 is 5.69 Å². The number of halogens is 3. The molecular formula is C14H11Cl2FN2O4S. The molecule has 24 heavy (non-hydrogen) atoms. The molecule has 2 rings (SSSR count). The highest BCUT2D eigenvalue weighted by Gasteiger charge is 2.21. The normalized spacial score (nSPS) is 11.5. The lowest BCUT2D eigenvalue weighted by Crippen LogP contribution is -2.26. The second-order valence-electron chi connectivity index (χ2n) is 4.75. The molecule has 0 radical (unpaired) electrons. The van der Waals surface area contributed by atoms with Crippen molar-refractivity contribution in [2.45, 2.75) is 11.3 Å². The molecule has 2 aromatic carbocycles. The summed E-state index contributed by atoms with van der Waals surface area (Å²) in [6.07, 6.45) is 0.290. The number of sulfonamides is 1. The quantitative estimate of drug-likeness (QED) is 0.600. The van der Waals surface area contributed by atoms with E-state index in [0.29, 0.717) is 28.1 Å². The zero-order valence-electron chi connectivity index (χ0n) is 12.0. The Kier molecular flexibility index (Phi) is 5.76. The first-order valence-corrected chi connectivity index (χ1v) is 8.82. The summed E-state index contributed by atoms with van der Waals surface area (Å²) < 4.78 is 39.8. The maximum Gasteiger partial charge on any atom is 0.306 e. The van der Waals surface area contributed by atoms with Crippen molar-refractivity contribution in [1.82, 2.24) is 4.72 Å². The summed E-state index contributed by atoms with van der Waals surface area (Å²) in [5.74, 6) is -1.10. The van der Waals surface area contributed by atoms with Gasteiger partial charge in [-0.25, -0.2) is 13.1 Å². The third-order valence-electron chi connectivity index (χ3n) is 3.13. The third kappa shape index (κ3) is 4.41. The number of nitro groups is 1. The second kappa shape index (κ2) is 7.43. The van der Waals surface area contributed by atoms with Crippen LogP contribution >= 0.6 is 23.2 Å². The van der Waals surface area contributed by atoms with Crippen LogP contribution in [0.25, 0.3) is 0 Å². The van der Waals surface area contributed by atoms with E-state index < -0.39 is 31.3 Å². The van der Waals surface area contributed by atoms with E-state index in [9.17, 15) is 22.9 Å². The van der Waals surface area contributed by atoms with E-state index in [1.807, 2.05) is 0 Å². The fourth-order valence-electron chi connectivity index (χ4n) is 1.93. The fourth-order valence-corrected chi connectivity index (χ4v) is 3.48. The second-order valence-corrected chi connectivity index (χ2v) is 7.36. The molecule has 0 spiro atoms. The number of benzene rings is 2. The SMILES string of the molecule is O=[N+]([O-])c1cc(S(=O)(=O)NCCc2ccc(Cl)cc2Cl)ccc1F. The largest absolute Gasteiger partial charge is 0.306 e. The minimum Gasteiger partial charge on any atom is -0.258 e. The van der Waals surface area contributed by atoms with Crippen LogP contribution in [0.1, 0.15) is 5.56 Å². The Morgan fingerprint density at radius 1 is 1.17 bits per heavy atom. The minimum absolute atomic E-state index is 0.00879. The van der Waals surface area contributed by atoms with Gasteiger partial charge in [-0.2, -0.15) is 4.39 Å². The van der Waals surface area contributed by atoms with E-state index in [0.717, 1.165) is 12.1 Å². The van der Waals surface area contributed by atoms with Gasteiger partial charge in [-0.3, -0.25) is 10.1 Å². The van der Waals surface area contributed by atoms with Gasteiger partial charge in [0, 0.05) is 22.7 Å². The third-order valence-corrected chi connectivity index (χ3v) is 5.17. The summed E-state index contributed by atoms with van der Waals surface area (Å²) in [4.78, 5) is 9.31. The zero-order chi connectivity index (χ0) is 17.9. The lowest BCUT2D eigenvalue weighted by Gasteiger charge is -2.08. The Morgan fingerprint density at radius 3 is 2.50 bits per heavy atom. The van der Waals surface area contributed by atoms with E-state index in [-0.39, 0.29) is 6.54 Å². The van der Waals surface area contributed by atoms with Crippen molar-refractivity contribution in [2.24, 2.45) is 0 Å². The molecule has 0 bridgehead atoms. The van der Waals surface area contributed by atoms with E-state index in [1.54, 1.807) is 12.1 Å². The molecule has 2 aromatic rings. The first-order valence-electron chi connectivity index (χ1n) is 6.58. The highest BCUT2D eigenvalue weighted by atomic mass is 35.5. The van der Waals surface area contributed by atoms with Crippen molar-refractivity contribution in [2.75, 3.05) is 6.54 Å². The molecule has 0 amide bonds. The standard InChI is InChI=1S/C14H11Cl2FN2O4S/c15-10-2-1-9(12(16)7-10)5-6-18-24(22,23)11-3-4-13(17)14(8-11)19(20)21/h1-4,7-8,18H,5-6H2. The van der Waals surface area contributed by atoms with Crippen molar-refractivity contribution < 1.29 is 17.7 Å². The van der Waals surface area contributed by atoms with Crippen LogP contribution in [0, 0.1) is 15.9 Å². The predicted octanol–water partition coefficient (Wildman–Crippen LogP) is 3.56. The van der Waals surface area contributed by atoms with Gasteiger partial charge in [-0.05, 0) is 36.2 Å². The summed E-state index contributed by atoms with van der Waals surface area (Å²) in [5, 5.41) is 11.6. The minimum atomic E-state index is -4.01. The number of hydrogen-bond acceptors (Lipinski definition) is 4. The molecule has 1 N–H and O–H groups in total. The van der Waals surface area contributed by atoms with Crippen LogP contribution in [0.2, 0.25) is 10.0 Å². The fraction of sp³-hybridized carbons (Fsp3) is 0.143. The Morgan fingerprint density at radius 2 is 1.88 bits per heavy atom. The van der Waals surface area contributed by atoms with Crippen molar-refractivity contribution in [3.05, 3.63) is 67.9 Å². The van der Waals surface area contributed by atoms with Crippen LogP contribution in [-0.4, -0.2) is 19.9 Å². The van der Waals surface area contributed by atoms with Crippen LogP contribution in [0.15, 0.2) is 41.3 Å². The average molecular weight is 393 g/mol. The molecular weight excluding hydrogens is 382 g/mol. The van der Waals surface area contributed by atoms with Gasteiger partial charge in [0.25, 0.3) is 0 Å². The zero-order valence-corrected chi connectivity index (χ0v) is 14.3. The van der Waals surface area contributed by atoms with E-state index in [2.05, 4.69) is 4.72 Å². The van der Waals surface area contributed by atoms with Crippen LogP contribution < -0.4 is 4.72 Å². The van der Waals surface area contributed by atoms with Crippen LogP contribution in [0.4, 0.5) is 10.1 Å². The average Bonchev–Trinajstić information content (AvgIpc) is 2.49. The van der Waals surface area contributed by atoms with Gasteiger partial charge in [0.1, 0.15) is 0 Å². The van der Waals surface area contributed by atoms with E-state index in [4.69, 9.17) is 23.2 Å². The van der Waals surface area contributed by atoms with Gasteiger partial charge in [-0.1, -0.05) is 29.3 Å². The first kappa shape index (κ1) is 18.6. The number of hydrogen-bond donors (Lipinski definition) is 1. The molecule has 0 atom stereocenters. The molecule has 0 unspecified atom stereocenters. The molecule has 0 aliphatic rings. The Hall–Kier alpha value is -1.74. The van der Waals surface area contributed by atoms with Crippen molar-refractivity contribution >= 4 is 38.9 Å². The molecule has 0 aliphatic heterocycles. The van der Waals surface area contributed by atoms with Crippen LogP contribution in [-0.2, 0) is 16.4 Å². The highest BCUT2D eigenvalue weighted by molar-refractivity contribution is 7.89. The highest BCUT2D eigenvalue weighted by Crippen LogP contribution is 2.23. The molecule has 128 valence electrons.